The second-order valence-corrected chi connectivity index (χ2v) is 7.03. The van der Waals surface area contributed by atoms with Gasteiger partial charge < -0.3 is 10.2 Å². The van der Waals surface area contributed by atoms with Crippen molar-refractivity contribution in [2.45, 2.75) is 18.2 Å². The highest BCUT2D eigenvalue weighted by Gasteiger charge is 2.23. The molecule has 6 heteroatoms. The van der Waals surface area contributed by atoms with Gasteiger partial charge in [-0.2, -0.15) is 0 Å². The molecule has 1 fully saturated rings. The van der Waals surface area contributed by atoms with Crippen LogP contribution < -0.4 is 10.0 Å². The number of para-hydroxylation sites is 1. The van der Waals surface area contributed by atoms with Gasteiger partial charge in [0.15, 0.2) is 0 Å². The van der Waals surface area contributed by atoms with Crippen LogP contribution in [-0.4, -0.2) is 46.5 Å². The molecule has 0 saturated carbocycles. The third kappa shape index (κ3) is 3.71. The molecule has 1 aromatic rings. The minimum atomic E-state index is -3.45. The Kier molecular flexibility index (Phi) is 5.01. The Morgan fingerprint density at radius 1 is 1.35 bits per heavy atom. The van der Waals surface area contributed by atoms with Gasteiger partial charge in [-0.25, -0.2) is 13.1 Å². The molecule has 0 bridgehead atoms. The molecule has 20 heavy (non-hydrogen) atoms. The monoisotopic (exact) mass is 297 g/mol. The number of rotatable bonds is 6. The van der Waals surface area contributed by atoms with Gasteiger partial charge in [0.05, 0.1) is 5.69 Å². The number of hydrogen-bond acceptors (Lipinski definition) is 4. The van der Waals surface area contributed by atoms with Crippen LogP contribution in [0, 0.1) is 5.92 Å². The summed E-state index contributed by atoms with van der Waals surface area (Å²) >= 11 is 0. The summed E-state index contributed by atoms with van der Waals surface area (Å²) in [6.45, 7) is 5.15. The Morgan fingerprint density at radius 3 is 2.75 bits per heavy atom. The molecule has 5 nitrogen and oxygen atoms in total. The van der Waals surface area contributed by atoms with Crippen LogP contribution in [0.1, 0.15) is 13.3 Å². The van der Waals surface area contributed by atoms with E-state index in [1.807, 2.05) is 13.0 Å². The van der Waals surface area contributed by atoms with Crippen LogP contribution in [0.25, 0.3) is 0 Å². The third-order valence-electron chi connectivity index (χ3n) is 3.59. The zero-order valence-corrected chi connectivity index (χ0v) is 12.9. The average molecular weight is 297 g/mol. The number of sulfonamides is 1. The minimum Gasteiger partial charge on any atom is -0.384 e. The molecular formula is C14H23N3O2S. The molecule has 112 valence electrons. The molecule has 1 aliphatic rings. The van der Waals surface area contributed by atoms with Gasteiger partial charge in [0, 0.05) is 19.6 Å². The van der Waals surface area contributed by atoms with Crippen molar-refractivity contribution in [3.05, 3.63) is 24.3 Å². The third-order valence-corrected chi connectivity index (χ3v) is 5.08. The van der Waals surface area contributed by atoms with Crippen LogP contribution in [0.5, 0.6) is 0 Å². The van der Waals surface area contributed by atoms with Crippen molar-refractivity contribution in [1.29, 1.82) is 0 Å². The fourth-order valence-electron chi connectivity index (χ4n) is 2.54. The van der Waals surface area contributed by atoms with Crippen LogP contribution in [0.2, 0.25) is 0 Å². The van der Waals surface area contributed by atoms with Crippen molar-refractivity contribution in [2.75, 3.05) is 38.5 Å². The summed E-state index contributed by atoms with van der Waals surface area (Å²) in [5, 5.41) is 3.09. The normalized spacial score (nSPS) is 20.2. The topological polar surface area (TPSA) is 61.4 Å². The van der Waals surface area contributed by atoms with E-state index in [2.05, 4.69) is 22.0 Å². The standard InChI is InChI=1S/C14H23N3O2S/c1-3-15-13-6-4-5-7-14(13)20(18,19)16-10-12-8-9-17(2)11-12/h4-7,12,15-16H,3,8-11H2,1-2H3. The Morgan fingerprint density at radius 2 is 2.10 bits per heavy atom. The largest absolute Gasteiger partial charge is 0.384 e. The Hall–Kier alpha value is -1.11. The van der Waals surface area contributed by atoms with Gasteiger partial charge in [-0.15, -0.1) is 0 Å². The van der Waals surface area contributed by atoms with Crippen molar-refractivity contribution >= 4 is 15.7 Å². The van der Waals surface area contributed by atoms with Gasteiger partial charge in [0.1, 0.15) is 4.90 Å². The second-order valence-electron chi connectivity index (χ2n) is 5.30. The lowest BCUT2D eigenvalue weighted by molar-refractivity contribution is 0.394. The van der Waals surface area contributed by atoms with E-state index in [1.54, 1.807) is 18.2 Å². The molecular weight excluding hydrogens is 274 g/mol. The van der Waals surface area contributed by atoms with E-state index in [1.165, 1.54) is 0 Å². The number of nitrogens with one attached hydrogen (secondary N) is 2. The maximum atomic E-state index is 12.4. The summed E-state index contributed by atoms with van der Waals surface area (Å²) in [5.74, 6) is 0.404. The molecule has 1 unspecified atom stereocenters. The number of likely N-dealkylation sites (tertiary alicyclic amines) is 1. The predicted octanol–water partition coefficient (Wildman–Crippen LogP) is 1.35. The number of benzene rings is 1. The molecule has 1 aliphatic heterocycles. The molecule has 1 heterocycles. The van der Waals surface area contributed by atoms with E-state index in [4.69, 9.17) is 0 Å². The first-order chi connectivity index (χ1) is 9.53. The average Bonchev–Trinajstić information content (AvgIpc) is 2.83. The van der Waals surface area contributed by atoms with Crippen LogP contribution >= 0.6 is 0 Å². The van der Waals surface area contributed by atoms with Gasteiger partial charge in [-0.05, 0) is 45.0 Å². The van der Waals surface area contributed by atoms with Gasteiger partial charge in [-0.3, -0.25) is 0 Å². The van der Waals surface area contributed by atoms with Crippen molar-refractivity contribution in [2.24, 2.45) is 5.92 Å². The molecule has 0 aromatic heterocycles. The summed E-state index contributed by atoms with van der Waals surface area (Å²) in [6, 6.07) is 7.02. The molecule has 0 amide bonds. The lowest BCUT2D eigenvalue weighted by Crippen LogP contribution is -2.31. The number of hydrogen-bond donors (Lipinski definition) is 2. The minimum absolute atomic E-state index is 0.327. The van der Waals surface area contributed by atoms with E-state index in [0.29, 0.717) is 29.6 Å². The SMILES string of the molecule is CCNc1ccccc1S(=O)(=O)NCC1CCN(C)C1. The molecule has 1 aromatic carbocycles. The number of nitrogens with zero attached hydrogens (tertiary/aromatic N) is 1. The first-order valence-corrected chi connectivity index (χ1v) is 8.52. The summed E-state index contributed by atoms with van der Waals surface area (Å²) in [7, 11) is -1.38. The van der Waals surface area contributed by atoms with E-state index < -0.39 is 10.0 Å². The predicted molar refractivity (Wildman–Crippen MR) is 81.4 cm³/mol. The summed E-state index contributed by atoms with van der Waals surface area (Å²) < 4.78 is 27.5. The van der Waals surface area contributed by atoms with Crippen molar-refractivity contribution < 1.29 is 8.42 Å². The summed E-state index contributed by atoms with van der Waals surface area (Å²) in [5.41, 5.74) is 0.658. The number of anilines is 1. The van der Waals surface area contributed by atoms with E-state index in [-0.39, 0.29) is 0 Å². The van der Waals surface area contributed by atoms with E-state index >= 15 is 0 Å². The second kappa shape index (κ2) is 6.56. The van der Waals surface area contributed by atoms with Crippen LogP contribution in [0.3, 0.4) is 0 Å². The molecule has 2 N–H and O–H groups in total. The van der Waals surface area contributed by atoms with Gasteiger partial charge >= 0.3 is 0 Å². The van der Waals surface area contributed by atoms with Crippen LogP contribution in [-0.2, 0) is 10.0 Å². The van der Waals surface area contributed by atoms with Crippen molar-refractivity contribution in [3.63, 3.8) is 0 Å². The summed E-state index contributed by atoms with van der Waals surface area (Å²) in [4.78, 5) is 2.55. The van der Waals surface area contributed by atoms with E-state index in [0.717, 1.165) is 19.5 Å². The lowest BCUT2D eigenvalue weighted by atomic mass is 10.1. The molecule has 1 saturated heterocycles. The summed E-state index contributed by atoms with van der Waals surface area (Å²) in [6.07, 6.45) is 1.05. The molecule has 0 aliphatic carbocycles. The Balaban J connectivity index is 2.06. The van der Waals surface area contributed by atoms with Crippen molar-refractivity contribution in [1.82, 2.24) is 9.62 Å². The van der Waals surface area contributed by atoms with Crippen LogP contribution in [0.4, 0.5) is 5.69 Å². The van der Waals surface area contributed by atoms with E-state index in [9.17, 15) is 8.42 Å². The maximum absolute atomic E-state index is 12.4. The fraction of sp³-hybridized carbons (Fsp3) is 0.571. The maximum Gasteiger partial charge on any atom is 0.242 e. The zero-order chi connectivity index (χ0) is 14.6. The fourth-order valence-corrected chi connectivity index (χ4v) is 3.83. The Labute approximate surface area is 121 Å². The van der Waals surface area contributed by atoms with Gasteiger partial charge in [0.2, 0.25) is 10.0 Å². The van der Waals surface area contributed by atoms with Gasteiger partial charge in [-0.1, -0.05) is 12.1 Å². The molecule has 0 radical (unpaired) electrons. The van der Waals surface area contributed by atoms with Crippen molar-refractivity contribution in [3.8, 4) is 0 Å². The molecule has 2 rings (SSSR count). The first-order valence-electron chi connectivity index (χ1n) is 7.04. The van der Waals surface area contributed by atoms with Gasteiger partial charge in [0.25, 0.3) is 0 Å². The zero-order valence-electron chi connectivity index (χ0n) is 12.1. The lowest BCUT2D eigenvalue weighted by Gasteiger charge is -2.14. The quantitative estimate of drug-likeness (QED) is 0.832. The highest BCUT2D eigenvalue weighted by molar-refractivity contribution is 7.89. The smallest absolute Gasteiger partial charge is 0.242 e. The molecule has 1 atom stereocenters. The highest BCUT2D eigenvalue weighted by atomic mass is 32.2. The molecule has 0 spiro atoms. The highest BCUT2D eigenvalue weighted by Crippen LogP contribution is 2.21. The van der Waals surface area contributed by atoms with Crippen LogP contribution in [0.15, 0.2) is 29.2 Å². The first kappa shape index (κ1) is 15.3. The Bertz CT molecular complexity index is 545.